The van der Waals surface area contributed by atoms with E-state index in [0.29, 0.717) is 15.6 Å². The van der Waals surface area contributed by atoms with E-state index in [4.69, 9.17) is 4.55 Å². The minimum atomic E-state index is -4.05. The van der Waals surface area contributed by atoms with Gasteiger partial charge in [0.15, 0.2) is 0 Å². The largest absolute Gasteiger partial charge is 0.324 e. The van der Waals surface area contributed by atoms with Crippen LogP contribution in [0.15, 0.2) is 28.3 Å². The van der Waals surface area contributed by atoms with Gasteiger partial charge in [0.1, 0.15) is 4.60 Å². The van der Waals surface area contributed by atoms with E-state index in [-0.39, 0.29) is 0 Å². The number of halogens is 1. The van der Waals surface area contributed by atoms with Crippen LogP contribution in [0.2, 0.25) is 0 Å². The third-order valence-electron chi connectivity index (χ3n) is 5.13. The fourth-order valence-corrected chi connectivity index (χ4v) is 3.86. The maximum atomic E-state index is 10.3. The molecule has 0 spiro atoms. The molecule has 0 aromatic carbocycles. The van der Waals surface area contributed by atoms with Gasteiger partial charge >= 0.3 is 0 Å². The lowest BCUT2D eigenvalue weighted by molar-refractivity contribution is -0.929. The van der Waals surface area contributed by atoms with Crippen molar-refractivity contribution in [2.45, 2.75) is 79.1 Å². The van der Waals surface area contributed by atoms with Crippen LogP contribution in [0.5, 0.6) is 0 Å². The topological polar surface area (TPSA) is 67.3 Å². The Bertz CT molecular complexity index is 639. The van der Waals surface area contributed by atoms with Crippen LogP contribution in [0.3, 0.4) is 0 Å². The summed E-state index contributed by atoms with van der Waals surface area (Å²) in [5.74, 6) is 0. The Hall–Kier alpha value is -0.760. The molecule has 0 atom stereocenters. The van der Waals surface area contributed by atoms with Crippen LogP contribution in [0.1, 0.15) is 84.6 Å². The van der Waals surface area contributed by atoms with Gasteiger partial charge in [0.25, 0.3) is 10.1 Å². The molecule has 174 valence electrons. The monoisotopic (exact) mass is 505 g/mol. The molecule has 0 unspecified atom stereocenters. The first-order chi connectivity index (χ1) is 14.2. The molecule has 0 radical (unpaired) electrons. The van der Waals surface area contributed by atoms with Crippen molar-refractivity contribution in [1.82, 2.24) is 4.98 Å². The van der Waals surface area contributed by atoms with E-state index in [0.717, 1.165) is 0 Å². The number of hydrogen-bond acceptors (Lipinski definition) is 3. The normalized spacial score (nSPS) is 12.1. The van der Waals surface area contributed by atoms with E-state index < -0.39 is 10.1 Å². The van der Waals surface area contributed by atoms with Gasteiger partial charge in [-0.25, -0.2) is 4.98 Å². The molecule has 0 aliphatic carbocycles. The molecule has 5 nitrogen and oxygen atoms in total. The van der Waals surface area contributed by atoms with E-state index in [1.54, 1.807) is 12.1 Å². The lowest BCUT2D eigenvalue weighted by atomic mass is 10.1. The summed E-state index contributed by atoms with van der Waals surface area (Å²) in [6.07, 6.45) is 13.8. The third-order valence-corrected chi connectivity index (χ3v) is 6.08. The van der Waals surface area contributed by atoms with E-state index >= 15 is 0 Å². The summed E-state index contributed by atoms with van der Waals surface area (Å²) in [5, 5.41) is 0.706. The molecule has 0 bridgehead atoms. The average Bonchev–Trinajstić information content (AvgIpc) is 2.72. The van der Waals surface area contributed by atoms with Crippen LogP contribution in [-0.4, -0.2) is 48.6 Å². The van der Waals surface area contributed by atoms with Crippen molar-refractivity contribution in [3.8, 4) is 0 Å². The molecule has 1 aromatic heterocycles. The van der Waals surface area contributed by atoms with Crippen molar-refractivity contribution in [1.29, 1.82) is 0 Å². The Morgan fingerprint density at radius 3 is 1.63 bits per heavy atom. The van der Waals surface area contributed by atoms with Crippen molar-refractivity contribution >= 4 is 32.1 Å². The molecule has 1 N–H and O–H groups in total. The Morgan fingerprint density at radius 1 is 0.900 bits per heavy atom. The van der Waals surface area contributed by atoms with Gasteiger partial charge in [0, 0.05) is 6.20 Å². The Kier molecular flexibility index (Phi) is 16.4. The summed E-state index contributed by atoms with van der Waals surface area (Å²) >= 11 is 3.13. The van der Waals surface area contributed by atoms with Crippen molar-refractivity contribution < 1.29 is 17.5 Å². The first-order valence-electron chi connectivity index (χ1n) is 11.3. The SMILES string of the molecule is CCCC[N+](CCCC)(CCCC)CCCC.O=S(=O)(O)/C=C/c1ccc(Br)nc1. The second-order valence-electron chi connectivity index (χ2n) is 7.88. The maximum Gasteiger partial charge on any atom is 0.287 e. The summed E-state index contributed by atoms with van der Waals surface area (Å²) in [4.78, 5) is 3.87. The Labute approximate surface area is 193 Å². The molecule has 0 amide bonds. The molecule has 0 fully saturated rings. The highest BCUT2D eigenvalue weighted by atomic mass is 79.9. The number of nitrogens with zero attached hydrogens (tertiary/aromatic N) is 2. The minimum absolute atomic E-state index is 0.598. The molecular formula is C23H42BrN2O3S+. The fraction of sp³-hybridized carbons (Fsp3) is 0.696. The van der Waals surface area contributed by atoms with E-state index in [1.165, 1.54) is 94.3 Å². The number of hydrogen-bond donors (Lipinski definition) is 1. The van der Waals surface area contributed by atoms with Crippen molar-refractivity contribution in [3.63, 3.8) is 0 Å². The summed E-state index contributed by atoms with van der Waals surface area (Å²) in [6, 6.07) is 3.34. The standard InChI is InChI=1S/C16H36N.C7H6BrNO3S/c1-5-9-13-17(14-10-6-2,15-11-7-3)16-12-8-4;8-7-2-1-6(5-9-7)3-4-13(10,11)12/h5-16H2,1-4H3;1-5H,(H,10,11,12)/q+1;/b;4-3+. The van der Waals surface area contributed by atoms with Gasteiger partial charge in [-0.2, -0.15) is 8.42 Å². The maximum absolute atomic E-state index is 10.3. The molecule has 30 heavy (non-hydrogen) atoms. The molecule has 0 aliphatic rings. The molecule has 1 heterocycles. The first kappa shape index (κ1) is 29.2. The van der Waals surface area contributed by atoms with Gasteiger partial charge < -0.3 is 4.48 Å². The Balaban J connectivity index is 0.000000579. The second kappa shape index (κ2) is 16.9. The second-order valence-corrected chi connectivity index (χ2v) is 10.00. The summed E-state index contributed by atoms with van der Waals surface area (Å²) in [5.41, 5.74) is 0.598. The number of unbranched alkanes of at least 4 members (excludes halogenated alkanes) is 4. The lowest BCUT2D eigenvalue weighted by Gasteiger charge is -2.39. The van der Waals surface area contributed by atoms with Crippen LogP contribution in [0.4, 0.5) is 0 Å². The van der Waals surface area contributed by atoms with Crippen molar-refractivity contribution in [2.75, 3.05) is 26.2 Å². The lowest BCUT2D eigenvalue weighted by Crippen LogP contribution is -2.50. The smallest absolute Gasteiger partial charge is 0.287 e. The highest BCUT2D eigenvalue weighted by molar-refractivity contribution is 9.10. The number of aromatic nitrogens is 1. The van der Waals surface area contributed by atoms with Gasteiger partial charge in [0.05, 0.1) is 31.6 Å². The summed E-state index contributed by atoms with van der Waals surface area (Å²) in [7, 11) is -4.05. The first-order valence-corrected chi connectivity index (χ1v) is 13.6. The van der Waals surface area contributed by atoms with Crippen LogP contribution >= 0.6 is 15.9 Å². The molecule has 1 aromatic rings. The highest BCUT2D eigenvalue weighted by Gasteiger charge is 2.24. The van der Waals surface area contributed by atoms with Crippen LogP contribution < -0.4 is 0 Å². The predicted octanol–water partition coefficient (Wildman–Crippen LogP) is 6.71. The quantitative estimate of drug-likeness (QED) is 0.173. The number of quaternary nitrogens is 1. The predicted molar refractivity (Wildman–Crippen MR) is 132 cm³/mol. The van der Waals surface area contributed by atoms with Gasteiger partial charge in [-0.15, -0.1) is 0 Å². The molecule has 7 heteroatoms. The zero-order chi connectivity index (χ0) is 22.9. The van der Waals surface area contributed by atoms with E-state index in [9.17, 15) is 8.42 Å². The van der Waals surface area contributed by atoms with Crippen molar-refractivity contribution in [2.24, 2.45) is 0 Å². The summed E-state index contributed by atoms with van der Waals surface area (Å²) < 4.78 is 31.1. The highest BCUT2D eigenvalue weighted by Crippen LogP contribution is 2.16. The average molecular weight is 507 g/mol. The Morgan fingerprint density at radius 2 is 1.33 bits per heavy atom. The zero-order valence-corrected chi connectivity index (χ0v) is 21.7. The third kappa shape index (κ3) is 15.1. The van der Waals surface area contributed by atoms with E-state index in [2.05, 4.69) is 48.6 Å². The van der Waals surface area contributed by atoms with Gasteiger partial charge in [-0.1, -0.05) is 59.4 Å². The zero-order valence-electron chi connectivity index (χ0n) is 19.3. The molecule has 0 aliphatic heterocycles. The number of pyridine rings is 1. The van der Waals surface area contributed by atoms with Crippen molar-refractivity contribution in [3.05, 3.63) is 33.9 Å². The number of rotatable bonds is 14. The van der Waals surface area contributed by atoms with Gasteiger partial charge in [-0.3, -0.25) is 4.55 Å². The van der Waals surface area contributed by atoms with Gasteiger partial charge in [-0.05, 0) is 59.3 Å². The van der Waals surface area contributed by atoms with Gasteiger partial charge in [0.2, 0.25) is 0 Å². The van der Waals surface area contributed by atoms with Crippen LogP contribution in [0.25, 0.3) is 6.08 Å². The van der Waals surface area contributed by atoms with Crippen LogP contribution in [-0.2, 0) is 10.1 Å². The fourth-order valence-electron chi connectivity index (χ4n) is 3.30. The molecular weight excluding hydrogens is 464 g/mol. The molecule has 1 rings (SSSR count). The summed E-state index contributed by atoms with van der Waals surface area (Å²) in [6.45, 7) is 15.0. The molecule has 0 saturated carbocycles. The minimum Gasteiger partial charge on any atom is -0.324 e. The van der Waals surface area contributed by atoms with Crippen LogP contribution in [0, 0.1) is 0 Å². The molecule has 0 saturated heterocycles. The van der Waals surface area contributed by atoms with E-state index in [1.807, 2.05) is 0 Å².